The van der Waals surface area contributed by atoms with Crippen LogP contribution in [-0.4, -0.2) is 43.0 Å². The van der Waals surface area contributed by atoms with E-state index in [0.717, 1.165) is 41.8 Å². The zero-order valence-electron chi connectivity index (χ0n) is 18.2. The van der Waals surface area contributed by atoms with E-state index in [1.54, 1.807) is 36.9 Å². The Bertz CT molecular complexity index is 1320. The Hall–Kier alpha value is -4.01. The van der Waals surface area contributed by atoms with Gasteiger partial charge in [-0.2, -0.15) is 9.78 Å². The van der Waals surface area contributed by atoms with Crippen LogP contribution in [0.4, 0.5) is 5.69 Å². The van der Waals surface area contributed by atoms with E-state index in [0.29, 0.717) is 28.6 Å². The van der Waals surface area contributed by atoms with Crippen molar-refractivity contribution in [1.82, 2.24) is 30.0 Å². The van der Waals surface area contributed by atoms with Crippen LogP contribution in [0.3, 0.4) is 0 Å². The van der Waals surface area contributed by atoms with Crippen molar-refractivity contribution in [2.45, 2.75) is 33.1 Å². The lowest BCUT2D eigenvalue weighted by Crippen LogP contribution is -2.15. The summed E-state index contributed by atoms with van der Waals surface area (Å²) in [4.78, 5) is 13.3. The number of benzene rings is 2. The van der Waals surface area contributed by atoms with Crippen molar-refractivity contribution in [2.75, 3.05) is 12.4 Å². The number of aromatic nitrogens is 6. The molecule has 32 heavy (non-hydrogen) atoms. The number of amides is 1. The Kier molecular flexibility index (Phi) is 4.93. The first-order valence-corrected chi connectivity index (χ1v) is 10.5. The van der Waals surface area contributed by atoms with Gasteiger partial charge >= 0.3 is 0 Å². The van der Waals surface area contributed by atoms with Crippen LogP contribution >= 0.6 is 0 Å². The third-order valence-electron chi connectivity index (χ3n) is 5.78. The van der Waals surface area contributed by atoms with E-state index in [4.69, 9.17) is 9.84 Å². The Labute approximate surface area is 185 Å². The highest BCUT2D eigenvalue weighted by molar-refractivity contribution is 6.04. The molecule has 4 aromatic rings. The van der Waals surface area contributed by atoms with Crippen molar-refractivity contribution in [1.29, 1.82) is 0 Å². The lowest BCUT2D eigenvalue weighted by molar-refractivity contribution is 0.102. The van der Waals surface area contributed by atoms with E-state index in [1.165, 1.54) is 0 Å². The summed E-state index contributed by atoms with van der Waals surface area (Å²) in [6.45, 7) is 3.85. The molecule has 0 aliphatic heterocycles. The zero-order valence-corrected chi connectivity index (χ0v) is 18.2. The summed E-state index contributed by atoms with van der Waals surface area (Å²) in [5.41, 5.74) is 5.98. The summed E-state index contributed by atoms with van der Waals surface area (Å²) in [5, 5.41) is 19.4. The molecule has 9 heteroatoms. The Morgan fingerprint density at radius 2 is 1.91 bits per heavy atom. The van der Waals surface area contributed by atoms with Crippen LogP contribution < -0.4 is 10.1 Å². The standard InChI is InChI=1S/C23H23N7O2/c1-14-7-4-5-9-18(14)30-19-10-6-8-17(19)22(26-30)23(31)24-16-11-12-21(32-3)20(13-16)29-15(2)25-27-28-29/h4-5,7,9,11-13H,6,8,10H2,1-3H3,(H,24,31). The first-order chi connectivity index (χ1) is 15.6. The second-order valence-corrected chi connectivity index (χ2v) is 7.80. The molecule has 0 saturated carbocycles. The number of aryl methyl sites for hydroxylation is 2. The highest BCUT2D eigenvalue weighted by Gasteiger charge is 2.27. The fourth-order valence-electron chi connectivity index (χ4n) is 4.20. The number of tetrazole rings is 1. The van der Waals surface area contributed by atoms with Crippen LogP contribution in [0.5, 0.6) is 5.75 Å². The highest BCUT2D eigenvalue weighted by atomic mass is 16.5. The van der Waals surface area contributed by atoms with Crippen molar-refractivity contribution in [3.05, 3.63) is 70.8 Å². The van der Waals surface area contributed by atoms with Crippen molar-refractivity contribution < 1.29 is 9.53 Å². The van der Waals surface area contributed by atoms with Gasteiger partial charge in [-0.3, -0.25) is 4.79 Å². The molecular formula is C23H23N7O2. The largest absolute Gasteiger partial charge is 0.494 e. The molecule has 2 heterocycles. The molecule has 1 N–H and O–H groups in total. The number of nitrogens with one attached hydrogen (secondary N) is 1. The van der Waals surface area contributed by atoms with Gasteiger partial charge in [-0.1, -0.05) is 18.2 Å². The highest BCUT2D eigenvalue weighted by Crippen LogP contribution is 2.30. The van der Waals surface area contributed by atoms with Gasteiger partial charge in [0.25, 0.3) is 5.91 Å². The molecule has 0 radical (unpaired) electrons. The number of hydrogen-bond donors (Lipinski definition) is 1. The fourth-order valence-corrected chi connectivity index (χ4v) is 4.20. The number of para-hydroxylation sites is 1. The minimum absolute atomic E-state index is 0.236. The smallest absolute Gasteiger partial charge is 0.276 e. The number of anilines is 1. The second kappa shape index (κ2) is 7.92. The van der Waals surface area contributed by atoms with Gasteiger partial charge in [-0.15, -0.1) is 5.10 Å². The third kappa shape index (κ3) is 3.31. The van der Waals surface area contributed by atoms with Crippen molar-refractivity contribution in [2.24, 2.45) is 0 Å². The molecule has 0 saturated heterocycles. The van der Waals surface area contributed by atoms with Gasteiger partial charge in [0.05, 0.1) is 12.8 Å². The number of methoxy groups -OCH3 is 1. The minimum Gasteiger partial charge on any atom is -0.494 e. The number of carbonyl (C=O) groups is 1. The Morgan fingerprint density at radius 3 is 2.66 bits per heavy atom. The number of fused-ring (bicyclic) bond motifs is 1. The fraction of sp³-hybridized carbons (Fsp3) is 0.261. The van der Waals surface area contributed by atoms with Crippen LogP contribution in [0, 0.1) is 13.8 Å². The molecule has 2 aromatic carbocycles. The van der Waals surface area contributed by atoms with Crippen LogP contribution in [0.1, 0.15) is 39.6 Å². The average molecular weight is 429 g/mol. The molecule has 0 atom stereocenters. The summed E-state index contributed by atoms with van der Waals surface area (Å²) >= 11 is 0. The Balaban J connectivity index is 1.50. The summed E-state index contributed by atoms with van der Waals surface area (Å²) in [6, 6.07) is 13.4. The van der Waals surface area contributed by atoms with Gasteiger partial charge in [-0.05, 0) is 73.4 Å². The van der Waals surface area contributed by atoms with Crippen molar-refractivity contribution >= 4 is 11.6 Å². The maximum absolute atomic E-state index is 13.3. The Morgan fingerprint density at radius 1 is 1.06 bits per heavy atom. The average Bonchev–Trinajstić information content (AvgIpc) is 3.51. The van der Waals surface area contributed by atoms with Crippen LogP contribution in [-0.2, 0) is 12.8 Å². The molecule has 1 amide bonds. The molecule has 162 valence electrons. The molecular weight excluding hydrogens is 406 g/mol. The molecule has 1 aliphatic rings. The van der Waals surface area contributed by atoms with Gasteiger partial charge in [-0.25, -0.2) is 4.68 Å². The maximum atomic E-state index is 13.3. The second-order valence-electron chi connectivity index (χ2n) is 7.80. The number of carbonyl (C=O) groups excluding carboxylic acids is 1. The minimum atomic E-state index is -0.236. The molecule has 2 aromatic heterocycles. The summed E-state index contributed by atoms with van der Waals surface area (Å²) in [7, 11) is 1.58. The number of rotatable bonds is 5. The molecule has 0 spiro atoms. The van der Waals surface area contributed by atoms with E-state index in [-0.39, 0.29) is 5.91 Å². The molecule has 0 bridgehead atoms. The predicted octanol–water partition coefficient (Wildman–Crippen LogP) is 3.21. The molecule has 0 unspecified atom stereocenters. The first-order valence-electron chi connectivity index (χ1n) is 10.5. The van der Waals surface area contributed by atoms with E-state index < -0.39 is 0 Å². The van der Waals surface area contributed by atoms with Gasteiger partial charge in [0.15, 0.2) is 11.5 Å². The molecule has 5 rings (SSSR count). The topological polar surface area (TPSA) is 99.8 Å². The van der Waals surface area contributed by atoms with Gasteiger partial charge < -0.3 is 10.1 Å². The van der Waals surface area contributed by atoms with Crippen LogP contribution in [0.2, 0.25) is 0 Å². The quantitative estimate of drug-likeness (QED) is 0.523. The van der Waals surface area contributed by atoms with Crippen LogP contribution in [0.15, 0.2) is 42.5 Å². The summed E-state index contributed by atoms with van der Waals surface area (Å²) < 4.78 is 8.94. The summed E-state index contributed by atoms with van der Waals surface area (Å²) in [6.07, 6.45) is 2.78. The number of ether oxygens (including phenoxy) is 1. The zero-order chi connectivity index (χ0) is 22.2. The van der Waals surface area contributed by atoms with Crippen molar-refractivity contribution in [3.8, 4) is 17.1 Å². The SMILES string of the molecule is COc1ccc(NC(=O)c2nn(-c3ccccc3C)c3c2CCC3)cc1-n1nnnc1C. The van der Waals surface area contributed by atoms with Crippen LogP contribution in [0.25, 0.3) is 11.4 Å². The van der Waals surface area contributed by atoms with Gasteiger partial charge in [0.2, 0.25) is 0 Å². The van der Waals surface area contributed by atoms with E-state index in [9.17, 15) is 4.79 Å². The summed E-state index contributed by atoms with van der Waals surface area (Å²) in [5.74, 6) is 0.977. The third-order valence-corrected chi connectivity index (χ3v) is 5.78. The normalized spacial score (nSPS) is 12.6. The number of hydrogen-bond acceptors (Lipinski definition) is 6. The van der Waals surface area contributed by atoms with Gasteiger partial charge in [0.1, 0.15) is 11.4 Å². The van der Waals surface area contributed by atoms with Crippen molar-refractivity contribution in [3.63, 3.8) is 0 Å². The predicted molar refractivity (Wildman–Crippen MR) is 119 cm³/mol. The van der Waals surface area contributed by atoms with E-state index >= 15 is 0 Å². The maximum Gasteiger partial charge on any atom is 0.276 e. The van der Waals surface area contributed by atoms with E-state index in [1.807, 2.05) is 22.9 Å². The number of nitrogens with zero attached hydrogens (tertiary/aromatic N) is 6. The van der Waals surface area contributed by atoms with E-state index in [2.05, 4.69) is 33.8 Å². The molecule has 1 aliphatic carbocycles. The first kappa shape index (κ1) is 19.9. The lowest BCUT2D eigenvalue weighted by Gasteiger charge is -2.11. The monoisotopic (exact) mass is 429 g/mol. The molecule has 9 nitrogen and oxygen atoms in total. The lowest BCUT2D eigenvalue weighted by atomic mass is 10.1. The van der Waals surface area contributed by atoms with Gasteiger partial charge in [0, 0.05) is 16.9 Å². The molecule has 0 fully saturated rings.